The largest absolute Gasteiger partial charge is 0.496 e. The maximum Gasteiger partial charge on any atom is 0.173 e. The van der Waals surface area contributed by atoms with Crippen LogP contribution in [0.4, 0.5) is 0 Å². The summed E-state index contributed by atoms with van der Waals surface area (Å²) < 4.78 is 5.92. The highest BCUT2D eigenvalue weighted by Gasteiger charge is 2.09. The highest BCUT2D eigenvalue weighted by molar-refractivity contribution is 9.10. The first-order valence-electron chi connectivity index (χ1n) is 5.61. The molecule has 0 spiro atoms. The summed E-state index contributed by atoms with van der Waals surface area (Å²) in [5, 5.41) is 0.850. The van der Waals surface area contributed by atoms with Gasteiger partial charge in [-0.1, -0.05) is 17.8 Å². The van der Waals surface area contributed by atoms with E-state index < -0.39 is 0 Å². The molecule has 0 bridgehead atoms. The molecule has 0 aliphatic rings. The van der Waals surface area contributed by atoms with Crippen LogP contribution in [0, 0.1) is 0 Å². The number of carbonyl (C=O) groups excluding carboxylic acids is 1. The number of Topliss-reactive ketones (excluding diaryl/α,β-unsaturated/α-hetero) is 1. The van der Waals surface area contributed by atoms with Crippen molar-refractivity contribution in [3.05, 3.63) is 52.6 Å². The quantitative estimate of drug-likeness (QED) is 0.614. The number of ketones is 1. The summed E-state index contributed by atoms with van der Waals surface area (Å²) in [6.07, 6.45) is 1.72. The van der Waals surface area contributed by atoms with Crippen molar-refractivity contribution >= 4 is 33.5 Å². The van der Waals surface area contributed by atoms with E-state index in [9.17, 15) is 4.79 Å². The van der Waals surface area contributed by atoms with Crippen LogP contribution in [0.15, 0.2) is 52.1 Å². The summed E-state index contributed by atoms with van der Waals surface area (Å²) in [7, 11) is 1.60. The van der Waals surface area contributed by atoms with E-state index in [2.05, 4.69) is 20.9 Å². The average molecular weight is 338 g/mol. The van der Waals surface area contributed by atoms with Gasteiger partial charge in [0.05, 0.1) is 22.4 Å². The number of aromatic nitrogens is 1. The van der Waals surface area contributed by atoms with Crippen LogP contribution in [0.1, 0.15) is 10.4 Å². The molecule has 3 nitrogen and oxygen atoms in total. The van der Waals surface area contributed by atoms with Gasteiger partial charge < -0.3 is 4.74 Å². The van der Waals surface area contributed by atoms with Gasteiger partial charge >= 0.3 is 0 Å². The Kier molecular flexibility index (Phi) is 4.99. The third kappa shape index (κ3) is 3.81. The van der Waals surface area contributed by atoms with Crippen molar-refractivity contribution in [2.45, 2.75) is 5.03 Å². The number of carbonyl (C=O) groups is 1. The van der Waals surface area contributed by atoms with Crippen molar-refractivity contribution < 1.29 is 9.53 Å². The Balaban J connectivity index is 2.02. The van der Waals surface area contributed by atoms with Crippen LogP contribution in [0.3, 0.4) is 0 Å². The second-order valence-corrected chi connectivity index (χ2v) is 5.58. The maximum atomic E-state index is 12.1. The summed E-state index contributed by atoms with van der Waals surface area (Å²) in [5.41, 5.74) is 0.663. The fourth-order valence-corrected chi connectivity index (χ4v) is 2.79. The van der Waals surface area contributed by atoms with Gasteiger partial charge in [0.15, 0.2) is 5.78 Å². The minimum absolute atomic E-state index is 0.0685. The minimum Gasteiger partial charge on any atom is -0.496 e. The molecule has 0 fully saturated rings. The molecule has 98 valence electrons. The Morgan fingerprint density at radius 2 is 2.21 bits per heavy atom. The molecule has 0 aliphatic carbocycles. The number of nitrogens with zero attached hydrogens (tertiary/aromatic N) is 1. The molecule has 0 radical (unpaired) electrons. The van der Waals surface area contributed by atoms with E-state index in [-0.39, 0.29) is 5.78 Å². The predicted molar refractivity (Wildman–Crippen MR) is 80.0 cm³/mol. The molecular weight excluding hydrogens is 326 g/mol. The van der Waals surface area contributed by atoms with Gasteiger partial charge in [0.25, 0.3) is 0 Å². The van der Waals surface area contributed by atoms with Gasteiger partial charge in [-0.25, -0.2) is 4.98 Å². The van der Waals surface area contributed by atoms with Gasteiger partial charge in [-0.3, -0.25) is 4.79 Å². The number of methoxy groups -OCH3 is 1. The number of pyridine rings is 1. The van der Waals surface area contributed by atoms with Gasteiger partial charge in [-0.15, -0.1) is 0 Å². The van der Waals surface area contributed by atoms with Crippen molar-refractivity contribution in [1.29, 1.82) is 0 Å². The Hall–Kier alpha value is -1.33. The van der Waals surface area contributed by atoms with Crippen molar-refractivity contribution in [2.75, 3.05) is 12.9 Å². The number of hydrogen-bond acceptors (Lipinski definition) is 4. The van der Waals surface area contributed by atoms with Crippen LogP contribution in [-0.2, 0) is 0 Å². The second-order valence-electron chi connectivity index (χ2n) is 3.73. The number of halogens is 1. The second kappa shape index (κ2) is 6.73. The van der Waals surface area contributed by atoms with Crippen molar-refractivity contribution in [3.63, 3.8) is 0 Å². The molecule has 0 atom stereocenters. The van der Waals surface area contributed by atoms with E-state index in [0.717, 1.165) is 9.50 Å². The molecule has 1 heterocycles. The van der Waals surface area contributed by atoms with E-state index in [0.29, 0.717) is 17.1 Å². The lowest BCUT2D eigenvalue weighted by Crippen LogP contribution is -2.02. The third-order valence-electron chi connectivity index (χ3n) is 2.46. The molecule has 0 saturated carbocycles. The fraction of sp³-hybridized carbons (Fsp3) is 0.143. The van der Waals surface area contributed by atoms with E-state index in [1.165, 1.54) is 11.8 Å². The van der Waals surface area contributed by atoms with Crippen LogP contribution in [0.25, 0.3) is 0 Å². The lowest BCUT2D eigenvalue weighted by Gasteiger charge is -2.05. The Morgan fingerprint density at radius 1 is 1.37 bits per heavy atom. The minimum atomic E-state index is 0.0685. The smallest absolute Gasteiger partial charge is 0.173 e. The molecule has 2 rings (SSSR count). The first kappa shape index (κ1) is 14.1. The first-order chi connectivity index (χ1) is 9.20. The topological polar surface area (TPSA) is 39.2 Å². The predicted octanol–water partition coefficient (Wildman–Crippen LogP) is 3.83. The normalized spacial score (nSPS) is 10.2. The van der Waals surface area contributed by atoms with Gasteiger partial charge in [0.2, 0.25) is 0 Å². The van der Waals surface area contributed by atoms with Gasteiger partial charge in [0, 0.05) is 11.8 Å². The molecule has 0 amide bonds. The molecule has 5 heteroatoms. The SMILES string of the molecule is COc1ccc(C(=O)CSc2ccccn2)cc1Br. The highest BCUT2D eigenvalue weighted by atomic mass is 79.9. The van der Waals surface area contributed by atoms with Crippen LogP contribution in [-0.4, -0.2) is 23.6 Å². The Morgan fingerprint density at radius 3 is 2.84 bits per heavy atom. The van der Waals surface area contributed by atoms with Crippen LogP contribution < -0.4 is 4.74 Å². The lowest BCUT2D eigenvalue weighted by molar-refractivity contribution is 0.102. The molecule has 0 aliphatic heterocycles. The standard InChI is InChI=1S/C14H12BrNO2S/c1-18-13-6-5-10(8-11(13)15)12(17)9-19-14-4-2-3-7-16-14/h2-8H,9H2,1H3. The number of ether oxygens (including phenoxy) is 1. The highest BCUT2D eigenvalue weighted by Crippen LogP contribution is 2.26. The zero-order valence-electron chi connectivity index (χ0n) is 10.3. The number of benzene rings is 1. The van der Waals surface area contributed by atoms with Gasteiger partial charge in [-0.05, 0) is 46.3 Å². The molecule has 2 aromatic rings. The molecule has 0 N–H and O–H groups in total. The average Bonchev–Trinajstić information content (AvgIpc) is 2.45. The third-order valence-corrected chi connectivity index (χ3v) is 4.03. The van der Waals surface area contributed by atoms with Crippen LogP contribution >= 0.6 is 27.7 Å². The van der Waals surface area contributed by atoms with Crippen molar-refractivity contribution in [1.82, 2.24) is 4.98 Å². The van der Waals surface area contributed by atoms with E-state index >= 15 is 0 Å². The van der Waals surface area contributed by atoms with Gasteiger partial charge in [-0.2, -0.15) is 0 Å². The zero-order valence-corrected chi connectivity index (χ0v) is 12.7. The molecule has 1 aromatic heterocycles. The molecule has 1 aromatic carbocycles. The molecule has 19 heavy (non-hydrogen) atoms. The van der Waals surface area contributed by atoms with Crippen molar-refractivity contribution in [2.24, 2.45) is 0 Å². The summed E-state index contributed by atoms with van der Waals surface area (Å²) in [6.45, 7) is 0. The maximum absolute atomic E-state index is 12.1. The lowest BCUT2D eigenvalue weighted by atomic mass is 10.1. The van der Waals surface area contributed by atoms with Crippen molar-refractivity contribution in [3.8, 4) is 5.75 Å². The van der Waals surface area contributed by atoms with E-state index in [1.54, 1.807) is 31.5 Å². The Bertz CT molecular complexity index is 575. The van der Waals surface area contributed by atoms with Crippen LogP contribution in [0.5, 0.6) is 5.75 Å². The number of rotatable bonds is 5. The molecular formula is C14H12BrNO2S. The van der Waals surface area contributed by atoms with Crippen LogP contribution in [0.2, 0.25) is 0 Å². The monoisotopic (exact) mass is 337 g/mol. The molecule has 0 saturated heterocycles. The molecule has 0 unspecified atom stereocenters. The summed E-state index contributed by atoms with van der Waals surface area (Å²) >= 11 is 4.81. The fourth-order valence-electron chi connectivity index (χ4n) is 1.50. The van der Waals surface area contributed by atoms with E-state index in [4.69, 9.17) is 4.74 Å². The van der Waals surface area contributed by atoms with Gasteiger partial charge in [0.1, 0.15) is 5.75 Å². The summed E-state index contributed by atoms with van der Waals surface area (Å²) in [4.78, 5) is 16.2. The van der Waals surface area contributed by atoms with E-state index in [1.807, 2.05) is 18.2 Å². The summed E-state index contributed by atoms with van der Waals surface area (Å²) in [5.74, 6) is 1.16. The summed E-state index contributed by atoms with van der Waals surface area (Å²) in [6, 6.07) is 11.0. The Labute approximate surface area is 124 Å². The zero-order chi connectivity index (χ0) is 13.7. The number of hydrogen-bond donors (Lipinski definition) is 0. The first-order valence-corrected chi connectivity index (χ1v) is 7.39. The number of thioether (sulfide) groups is 1.